The van der Waals surface area contributed by atoms with E-state index >= 15 is 0 Å². The third kappa shape index (κ3) is 4.64. The number of imidazole rings is 1. The maximum atomic E-state index is 12.3. The summed E-state index contributed by atoms with van der Waals surface area (Å²) < 4.78 is 1.85. The SMILES string of the molecule is CCc1nccn1CC(=O)N[C@@H]1CCN(Cc2cccnc2)C[C@H]1O. The zero-order chi connectivity index (χ0) is 17.6. The van der Waals surface area contributed by atoms with E-state index in [4.69, 9.17) is 0 Å². The van der Waals surface area contributed by atoms with Crippen molar-refractivity contribution in [1.82, 2.24) is 24.8 Å². The predicted octanol–water partition coefficient (Wildman–Crippen LogP) is 0.592. The Labute approximate surface area is 147 Å². The number of amides is 1. The fourth-order valence-electron chi connectivity index (χ4n) is 3.26. The number of nitrogens with zero attached hydrogens (tertiary/aromatic N) is 4. The number of pyridine rings is 1. The highest BCUT2D eigenvalue weighted by molar-refractivity contribution is 5.76. The number of aromatic nitrogens is 3. The first-order valence-electron chi connectivity index (χ1n) is 8.74. The molecule has 25 heavy (non-hydrogen) atoms. The minimum Gasteiger partial charge on any atom is -0.390 e. The average Bonchev–Trinajstić information content (AvgIpc) is 3.05. The highest BCUT2D eigenvalue weighted by Gasteiger charge is 2.28. The lowest BCUT2D eigenvalue weighted by Crippen LogP contribution is -2.54. The first-order chi connectivity index (χ1) is 12.2. The number of carbonyl (C=O) groups excluding carboxylic acids is 1. The topological polar surface area (TPSA) is 83.3 Å². The molecule has 134 valence electrons. The van der Waals surface area contributed by atoms with Crippen molar-refractivity contribution in [3.8, 4) is 0 Å². The molecule has 0 saturated carbocycles. The van der Waals surface area contributed by atoms with E-state index in [0.717, 1.165) is 37.3 Å². The molecule has 1 fully saturated rings. The highest BCUT2D eigenvalue weighted by atomic mass is 16.3. The van der Waals surface area contributed by atoms with E-state index in [-0.39, 0.29) is 18.5 Å². The van der Waals surface area contributed by atoms with Crippen molar-refractivity contribution in [2.45, 2.75) is 45.0 Å². The summed E-state index contributed by atoms with van der Waals surface area (Å²) in [6, 6.07) is 3.74. The molecule has 0 spiro atoms. The second-order valence-corrected chi connectivity index (χ2v) is 6.45. The predicted molar refractivity (Wildman–Crippen MR) is 93.7 cm³/mol. The molecule has 2 aromatic rings. The van der Waals surface area contributed by atoms with Crippen molar-refractivity contribution in [2.24, 2.45) is 0 Å². The van der Waals surface area contributed by atoms with Gasteiger partial charge in [-0.15, -0.1) is 0 Å². The van der Waals surface area contributed by atoms with Crippen LogP contribution in [0.2, 0.25) is 0 Å². The molecule has 1 amide bonds. The maximum Gasteiger partial charge on any atom is 0.240 e. The number of aryl methyl sites for hydroxylation is 1. The third-order valence-electron chi connectivity index (χ3n) is 4.57. The number of aliphatic hydroxyl groups excluding tert-OH is 1. The Morgan fingerprint density at radius 2 is 2.32 bits per heavy atom. The molecule has 0 aliphatic carbocycles. The van der Waals surface area contributed by atoms with Crippen LogP contribution >= 0.6 is 0 Å². The van der Waals surface area contributed by atoms with E-state index in [0.29, 0.717) is 6.54 Å². The number of carbonyl (C=O) groups is 1. The lowest BCUT2D eigenvalue weighted by Gasteiger charge is -2.36. The minimum atomic E-state index is -0.567. The Hall–Kier alpha value is -2.25. The lowest BCUT2D eigenvalue weighted by molar-refractivity contribution is -0.124. The van der Waals surface area contributed by atoms with E-state index in [2.05, 4.69) is 20.2 Å². The lowest BCUT2D eigenvalue weighted by atomic mass is 10.0. The molecule has 3 heterocycles. The van der Waals surface area contributed by atoms with Crippen molar-refractivity contribution >= 4 is 5.91 Å². The van der Waals surface area contributed by atoms with Crippen molar-refractivity contribution in [3.05, 3.63) is 48.3 Å². The van der Waals surface area contributed by atoms with E-state index in [1.807, 2.05) is 36.0 Å². The largest absolute Gasteiger partial charge is 0.390 e. The number of β-amino-alcohol motifs (C(OH)–C–C–N with tert-alkyl or cyclic N) is 1. The Morgan fingerprint density at radius 3 is 3.04 bits per heavy atom. The molecule has 7 heteroatoms. The van der Waals surface area contributed by atoms with Crippen molar-refractivity contribution < 1.29 is 9.90 Å². The Morgan fingerprint density at radius 1 is 1.44 bits per heavy atom. The average molecular weight is 343 g/mol. The Kier molecular flexibility index (Phi) is 5.78. The van der Waals surface area contributed by atoms with Gasteiger partial charge in [0.1, 0.15) is 12.4 Å². The molecular formula is C18H25N5O2. The zero-order valence-corrected chi connectivity index (χ0v) is 14.5. The summed E-state index contributed by atoms with van der Waals surface area (Å²) in [6.45, 7) is 4.40. The number of rotatable bonds is 6. The van der Waals surface area contributed by atoms with Gasteiger partial charge in [0.25, 0.3) is 0 Å². The summed E-state index contributed by atoms with van der Waals surface area (Å²) in [7, 11) is 0. The van der Waals surface area contributed by atoms with Crippen molar-refractivity contribution in [2.75, 3.05) is 13.1 Å². The van der Waals surface area contributed by atoms with Gasteiger partial charge in [0.2, 0.25) is 5.91 Å². The smallest absolute Gasteiger partial charge is 0.240 e. The summed E-state index contributed by atoms with van der Waals surface area (Å²) in [5.41, 5.74) is 1.13. The fraction of sp³-hybridized carbons (Fsp3) is 0.500. The number of likely N-dealkylation sites (tertiary alicyclic amines) is 1. The van der Waals surface area contributed by atoms with Gasteiger partial charge in [0.15, 0.2) is 0 Å². The van der Waals surface area contributed by atoms with Crippen LogP contribution in [0.1, 0.15) is 24.7 Å². The first-order valence-corrected chi connectivity index (χ1v) is 8.74. The summed E-state index contributed by atoms with van der Waals surface area (Å²) in [5.74, 6) is 0.805. The molecular weight excluding hydrogens is 318 g/mol. The van der Waals surface area contributed by atoms with Crippen molar-refractivity contribution in [1.29, 1.82) is 0 Å². The molecule has 0 unspecified atom stereocenters. The molecule has 1 aliphatic heterocycles. The van der Waals surface area contributed by atoms with Gasteiger partial charge in [-0.2, -0.15) is 0 Å². The Balaban J connectivity index is 1.49. The quantitative estimate of drug-likeness (QED) is 0.802. The highest BCUT2D eigenvalue weighted by Crippen LogP contribution is 2.14. The summed E-state index contributed by atoms with van der Waals surface area (Å²) in [5, 5.41) is 13.4. The van der Waals surface area contributed by atoms with Crippen LogP contribution in [0.15, 0.2) is 36.9 Å². The molecule has 0 bridgehead atoms. The molecule has 2 atom stereocenters. The van der Waals surface area contributed by atoms with Crippen LogP contribution in [0, 0.1) is 0 Å². The summed E-state index contributed by atoms with van der Waals surface area (Å²) in [6.07, 6.45) is 8.07. The molecule has 0 radical (unpaired) electrons. The van der Waals surface area contributed by atoms with E-state index in [9.17, 15) is 9.90 Å². The third-order valence-corrected chi connectivity index (χ3v) is 4.57. The van der Waals surface area contributed by atoms with Gasteiger partial charge >= 0.3 is 0 Å². The summed E-state index contributed by atoms with van der Waals surface area (Å²) in [4.78, 5) is 22.8. The van der Waals surface area contributed by atoms with Gasteiger partial charge in [0.05, 0.1) is 12.1 Å². The van der Waals surface area contributed by atoms with Crippen LogP contribution in [0.25, 0.3) is 0 Å². The van der Waals surface area contributed by atoms with Gasteiger partial charge in [0, 0.05) is 50.8 Å². The first kappa shape index (κ1) is 17.6. The van der Waals surface area contributed by atoms with Crippen LogP contribution in [0.3, 0.4) is 0 Å². The summed E-state index contributed by atoms with van der Waals surface area (Å²) >= 11 is 0. The molecule has 7 nitrogen and oxygen atoms in total. The second kappa shape index (κ2) is 8.22. The monoisotopic (exact) mass is 343 g/mol. The van der Waals surface area contributed by atoms with E-state index in [1.165, 1.54) is 0 Å². The van der Waals surface area contributed by atoms with Gasteiger partial charge in [-0.3, -0.25) is 14.7 Å². The number of hydrogen-bond acceptors (Lipinski definition) is 5. The molecule has 2 N–H and O–H groups in total. The van der Waals surface area contributed by atoms with E-state index in [1.54, 1.807) is 12.4 Å². The van der Waals surface area contributed by atoms with Crippen LogP contribution < -0.4 is 5.32 Å². The van der Waals surface area contributed by atoms with Gasteiger partial charge < -0.3 is 15.0 Å². The zero-order valence-electron chi connectivity index (χ0n) is 14.5. The molecule has 1 aliphatic rings. The molecule has 3 rings (SSSR count). The minimum absolute atomic E-state index is 0.0857. The standard InChI is InChI=1S/C18H25N5O2/c1-2-17-20-7-9-23(17)13-18(25)21-15-5-8-22(12-16(15)24)11-14-4-3-6-19-10-14/h3-4,6-7,9-10,15-16,24H,2,5,8,11-13H2,1H3,(H,21,25)/t15-,16-/m1/s1. The number of aliphatic hydroxyl groups is 1. The normalized spacial score (nSPS) is 21.2. The van der Waals surface area contributed by atoms with Crippen LogP contribution in [-0.2, 0) is 24.3 Å². The Bertz CT molecular complexity index is 688. The second-order valence-electron chi connectivity index (χ2n) is 6.45. The van der Waals surface area contributed by atoms with E-state index < -0.39 is 6.10 Å². The number of nitrogens with one attached hydrogen (secondary N) is 1. The number of piperidine rings is 1. The van der Waals surface area contributed by atoms with Gasteiger partial charge in [-0.05, 0) is 18.1 Å². The fourth-order valence-corrected chi connectivity index (χ4v) is 3.26. The van der Waals surface area contributed by atoms with Crippen molar-refractivity contribution in [3.63, 3.8) is 0 Å². The maximum absolute atomic E-state index is 12.3. The van der Waals surface area contributed by atoms with Gasteiger partial charge in [-0.1, -0.05) is 13.0 Å². The molecule has 0 aromatic carbocycles. The number of hydrogen-bond donors (Lipinski definition) is 2. The van der Waals surface area contributed by atoms with Crippen LogP contribution in [0.4, 0.5) is 0 Å². The van der Waals surface area contributed by atoms with Gasteiger partial charge in [-0.25, -0.2) is 4.98 Å². The molecule has 2 aromatic heterocycles. The van der Waals surface area contributed by atoms with Crippen LogP contribution in [0.5, 0.6) is 0 Å². The van der Waals surface area contributed by atoms with Crippen LogP contribution in [-0.4, -0.2) is 55.7 Å². The molecule has 1 saturated heterocycles.